The Morgan fingerprint density at radius 2 is 1.90 bits per heavy atom. The second kappa shape index (κ2) is 5.92. The van der Waals surface area contributed by atoms with E-state index in [0.29, 0.717) is 35.8 Å². The van der Waals surface area contributed by atoms with Gasteiger partial charge in [-0.15, -0.1) is 0 Å². The second-order valence-corrected chi connectivity index (χ2v) is 5.21. The average Bonchev–Trinajstić information content (AvgIpc) is 2.51. The van der Waals surface area contributed by atoms with Crippen molar-refractivity contribution in [3.63, 3.8) is 0 Å². The Balaban J connectivity index is 1.89. The zero-order chi connectivity index (χ0) is 14.8. The lowest BCUT2D eigenvalue weighted by molar-refractivity contribution is 0.145. The molecule has 1 aliphatic rings. The maximum atomic E-state index is 13.9. The van der Waals surface area contributed by atoms with Crippen LogP contribution in [0.1, 0.15) is 17.2 Å². The fraction of sp³-hybridized carbons (Fsp3) is 0.250. The molecule has 3 nitrogen and oxygen atoms in total. The molecule has 110 valence electrons. The molecule has 1 heterocycles. The fourth-order valence-corrected chi connectivity index (χ4v) is 2.58. The highest BCUT2D eigenvalue weighted by Crippen LogP contribution is 2.38. The number of aliphatic hydroxyl groups is 1. The van der Waals surface area contributed by atoms with Gasteiger partial charge in [-0.2, -0.15) is 0 Å². The van der Waals surface area contributed by atoms with Crippen molar-refractivity contribution in [2.75, 3.05) is 13.2 Å². The number of aliphatic hydroxyl groups excluding tert-OH is 1. The van der Waals surface area contributed by atoms with E-state index >= 15 is 0 Å². The summed E-state index contributed by atoms with van der Waals surface area (Å²) < 4.78 is 25.0. The van der Waals surface area contributed by atoms with Crippen molar-refractivity contribution in [2.24, 2.45) is 0 Å². The maximum Gasteiger partial charge on any atom is 0.167 e. The van der Waals surface area contributed by atoms with Crippen molar-refractivity contribution in [1.82, 2.24) is 0 Å². The van der Waals surface area contributed by atoms with Crippen LogP contribution in [0.25, 0.3) is 0 Å². The molecule has 0 spiro atoms. The van der Waals surface area contributed by atoms with E-state index < -0.39 is 11.9 Å². The summed E-state index contributed by atoms with van der Waals surface area (Å²) in [5, 5.41) is 10.5. The summed E-state index contributed by atoms with van der Waals surface area (Å²) >= 11 is 5.76. The number of fused-ring (bicyclic) bond motifs is 1. The van der Waals surface area contributed by atoms with Gasteiger partial charge in [0, 0.05) is 12.0 Å². The van der Waals surface area contributed by atoms with Crippen molar-refractivity contribution in [1.29, 1.82) is 0 Å². The molecule has 0 fully saturated rings. The van der Waals surface area contributed by atoms with Gasteiger partial charge in [-0.05, 0) is 17.7 Å². The topological polar surface area (TPSA) is 38.7 Å². The standard InChI is InChI=1S/C16H14ClFO3/c17-12-5-1-3-10(15(12)18)9-13(19)11-4-2-6-14-16(11)21-8-7-20-14/h1-6,13,19H,7-9H2. The van der Waals surface area contributed by atoms with Crippen LogP contribution in [0.3, 0.4) is 0 Å². The molecular formula is C16H14ClFO3. The summed E-state index contributed by atoms with van der Waals surface area (Å²) in [7, 11) is 0. The Morgan fingerprint density at radius 1 is 1.14 bits per heavy atom. The third kappa shape index (κ3) is 2.82. The molecule has 0 aromatic heterocycles. The van der Waals surface area contributed by atoms with E-state index in [-0.39, 0.29) is 11.4 Å². The van der Waals surface area contributed by atoms with E-state index in [0.717, 1.165) is 0 Å². The van der Waals surface area contributed by atoms with E-state index in [9.17, 15) is 9.50 Å². The smallest absolute Gasteiger partial charge is 0.167 e. The molecule has 1 aliphatic heterocycles. The summed E-state index contributed by atoms with van der Waals surface area (Å²) in [4.78, 5) is 0. The summed E-state index contributed by atoms with van der Waals surface area (Å²) in [5.74, 6) is 0.628. The Labute approximate surface area is 126 Å². The van der Waals surface area contributed by atoms with Crippen molar-refractivity contribution in [3.05, 3.63) is 58.4 Å². The number of ether oxygens (including phenoxy) is 2. The van der Waals surface area contributed by atoms with Crippen LogP contribution in [0.4, 0.5) is 4.39 Å². The van der Waals surface area contributed by atoms with Gasteiger partial charge < -0.3 is 14.6 Å². The lowest BCUT2D eigenvalue weighted by Crippen LogP contribution is -2.17. The van der Waals surface area contributed by atoms with E-state index in [1.54, 1.807) is 30.3 Å². The molecule has 1 unspecified atom stereocenters. The highest BCUT2D eigenvalue weighted by molar-refractivity contribution is 6.30. The molecule has 0 saturated heterocycles. The van der Waals surface area contributed by atoms with Gasteiger partial charge in [0.25, 0.3) is 0 Å². The minimum Gasteiger partial charge on any atom is -0.486 e. The molecule has 0 radical (unpaired) electrons. The minimum absolute atomic E-state index is 0.0503. The maximum absolute atomic E-state index is 13.9. The molecule has 2 aromatic carbocycles. The Bertz CT molecular complexity index is 660. The van der Waals surface area contributed by atoms with Gasteiger partial charge in [-0.1, -0.05) is 35.9 Å². The van der Waals surface area contributed by atoms with Gasteiger partial charge >= 0.3 is 0 Å². The highest BCUT2D eigenvalue weighted by atomic mass is 35.5. The van der Waals surface area contributed by atoms with Gasteiger partial charge in [0.1, 0.15) is 19.0 Å². The van der Waals surface area contributed by atoms with Crippen LogP contribution < -0.4 is 9.47 Å². The molecule has 0 aliphatic carbocycles. The first-order valence-corrected chi connectivity index (χ1v) is 7.04. The Kier molecular flexibility index (Phi) is 3.99. The number of hydrogen-bond donors (Lipinski definition) is 1. The number of hydrogen-bond acceptors (Lipinski definition) is 3. The predicted molar refractivity (Wildman–Crippen MR) is 77.5 cm³/mol. The SMILES string of the molecule is OC(Cc1cccc(Cl)c1F)c1cccc2c1OCCO2. The summed E-state index contributed by atoms with van der Waals surface area (Å²) in [6.45, 7) is 0.914. The lowest BCUT2D eigenvalue weighted by atomic mass is 9.99. The molecule has 1 N–H and O–H groups in total. The molecule has 0 saturated carbocycles. The Morgan fingerprint density at radius 3 is 2.76 bits per heavy atom. The minimum atomic E-state index is -0.894. The molecule has 5 heteroatoms. The lowest BCUT2D eigenvalue weighted by Gasteiger charge is -2.23. The van der Waals surface area contributed by atoms with Crippen molar-refractivity contribution in [3.8, 4) is 11.5 Å². The summed E-state index contributed by atoms with van der Waals surface area (Å²) in [6, 6.07) is 10.1. The van der Waals surface area contributed by atoms with Crippen LogP contribution in [0.2, 0.25) is 5.02 Å². The molecule has 3 rings (SSSR count). The average molecular weight is 309 g/mol. The van der Waals surface area contributed by atoms with Crippen LogP contribution >= 0.6 is 11.6 Å². The van der Waals surface area contributed by atoms with Crippen molar-refractivity contribution in [2.45, 2.75) is 12.5 Å². The third-order valence-corrected chi connectivity index (χ3v) is 3.69. The zero-order valence-corrected chi connectivity index (χ0v) is 11.9. The molecule has 0 amide bonds. The quantitative estimate of drug-likeness (QED) is 0.943. The van der Waals surface area contributed by atoms with Crippen molar-refractivity contribution < 1.29 is 19.0 Å². The summed E-state index contributed by atoms with van der Waals surface area (Å²) in [5.41, 5.74) is 0.955. The predicted octanol–water partition coefficient (Wildman–Crippen LogP) is 3.53. The number of para-hydroxylation sites is 1. The first kappa shape index (κ1) is 14.2. The summed E-state index contributed by atoms with van der Waals surface area (Å²) in [6.07, 6.45) is -0.777. The number of benzene rings is 2. The van der Waals surface area contributed by atoms with Gasteiger partial charge in [-0.25, -0.2) is 4.39 Å². The normalized spacial score (nSPS) is 14.8. The van der Waals surface area contributed by atoms with Gasteiger partial charge in [-0.3, -0.25) is 0 Å². The van der Waals surface area contributed by atoms with Crippen LogP contribution in [-0.4, -0.2) is 18.3 Å². The van der Waals surface area contributed by atoms with Crippen LogP contribution in [0, 0.1) is 5.82 Å². The van der Waals surface area contributed by atoms with E-state index in [1.165, 1.54) is 6.07 Å². The van der Waals surface area contributed by atoms with Gasteiger partial charge in [0.2, 0.25) is 0 Å². The van der Waals surface area contributed by atoms with Gasteiger partial charge in [0.15, 0.2) is 11.5 Å². The number of halogens is 2. The third-order valence-electron chi connectivity index (χ3n) is 3.40. The van der Waals surface area contributed by atoms with E-state index in [1.807, 2.05) is 0 Å². The van der Waals surface area contributed by atoms with Crippen LogP contribution in [-0.2, 0) is 6.42 Å². The zero-order valence-electron chi connectivity index (χ0n) is 11.2. The van der Waals surface area contributed by atoms with Crippen LogP contribution in [0.15, 0.2) is 36.4 Å². The first-order valence-electron chi connectivity index (χ1n) is 6.66. The van der Waals surface area contributed by atoms with E-state index in [2.05, 4.69) is 0 Å². The van der Waals surface area contributed by atoms with Crippen molar-refractivity contribution >= 4 is 11.6 Å². The molecular weight excluding hydrogens is 295 g/mol. The molecule has 0 bridgehead atoms. The first-order chi connectivity index (χ1) is 10.2. The van der Waals surface area contributed by atoms with Gasteiger partial charge in [0.05, 0.1) is 11.1 Å². The molecule has 1 atom stereocenters. The van der Waals surface area contributed by atoms with Crippen LogP contribution in [0.5, 0.6) is 11.5 Å². The van der Waals surface area contributed by atoms with E-state index in [4.69, 9.17) is 21.1 Å². The second-order valence-electron chi connectivity index (χ2n) is 4.80. The number of rotatable bonds is 3. The highest BCUT2D eigenvalue weighted by Gasteiger charge is 2.22. The largest absolute Gasteiger partial charge is 0.486 e. The molecule has 2 aromatic rings. The fourth-order valence-electron chi connectivity index (χ4n) is 2.38. The molecule has 21 heavy (non-hydrogen) atoms. The monoisotopic (exact) mass is 308 g/mol. The Hall–Kier alpha value is -1.78.